The van der Waals surface area contributed by atoms with Gasteiger partial charge in [-0.15, -0.1) is 0 Å². The standard InChI is InChI=1S/C18H17F3N4O2S/c1-2-3-13-4-7-15(8-5-13)28(26,27)24-16-10-14(18(19,20)21)6-9-17(16)25-12-22-11-23-25/h4-12,24H,2-3H2,1H3. The zero-order valence-corrected chi connectivity index (χ0v) is 15.6. The Labute approximate surface area is 160 Å². The minimum atomic E-state index is -4.62. The molecule has 3 rings (SSSR count). The Morgan fingerprint density at radius 2 is 1.82 bits per heavy atom. The molecule has 0 amide bonds. The lowest BCUT2D eigenvalue weighted by atomic mass is 10.1. The van der Waals surface area contributed by atoms with Gasteiger partial charge in [-0.1, -0.05) is 25.5 Å². The van der Waals surface area contributed by atoms with Gasteiger partial charge in [0.25, 0.3) is 10.0 Å². The molecule has 28 heavy (non-hydrogen) atoms. The van der Waals surface area contributed by atoms with Gasteiger partial charge >= 0.3 is 6.18 Å². The third-order valence-electron chi connectivity index (χ3n) is 4.01. The molecule has 0 aliphatic rings. The van der Waals surface area contributed by atoms with Crippen LogP contribution in [0, 0.1) is 0 Å². The molecular weight excluding hydrogens is 393 g/mol. The second kappa shape index (κ2) is 7.63. The largest absolute Gasteiger partial charge is 0.416 e. The van der Waals surface area contributed by atoms with Gasteiger partial charge in [-0.2, -0.15) is 18.3 Å². The summed E-state index contributed by atoms with van der Waals surface area (Å²) in [7, 11) is -4.10. The third kappa shape index (κ3) is 4.33. The molecule has 10 heteroatoms. The number of halogens is 3. The van der Waals surface area contributed by atoms with Crippen molar-refractivity contribution < 1.29 is 21.6 Å². The molecule has 3 aromatic rings. The van der Waals surface area contributed by atoms with E-state index in [1.165, 1.54) is 29.5 Å². The maximum atomic E-state index is 13.1. The van der Waals surface area contributed by atoms with E-state index in [1.807, 2.05) is 6.92 Å². The second-order valence-electron chi connectivity index (χ2n) is 6.07. The molecule has 1 N–H and O–H groups in total. The van der Waals surface area contributed by atoms with Crippen molar-refractivity contribution in [1.82, 2.24) is 14.8 Å². The van der Waals surface area contributed by atoms with Crippen LogP contribution < -0.4 is 4.72 Å². The second-order valence-corrected chi connectivity index (χ2v) is 7.75. The van der Waals surface area contributed by atoms with E-state index in [4.69, 9.17) is 0 Å². The predicted octanol–water partition coefficient (Wildman–Crippen LogP) is 4.04. The summed E-state index contributed by atoms with van der Waals surface area (Å²) in [5, 5.41) is 3.86. The third-order valence-corrected chi connectivity index (χ3v) is 5.39. The van der Waals surface area contributed by atoms with Gasteiger partial charge in [-0.05, 0) is 42.3 Å². The molecule has 0 aliphatic heterocycles. The van der Waals surface area contributed by atoms with Gasteiger partial charge in [-0.3, -0.25) is 4.72 Å². The summed E-state index contributed by atoms with van der Waals surface area (Å²) in [6.07, 6.45) is -0.446. The molecule has 0 aliphatic carbocycles. The molecule has 1 aromatic heterocycles. The van der Waals surface area contributed by atoms with Crippen LogP contribution in [0.5, 0.6) is 0 Å². The number of aryl methyl sites for hydroxylation is 1. The SMILES string of the molecule is CCCc1ccc(S(=O)(=O)Nc2cc(C(F)(F)F)ccc2-n2cncn2)cc1. The maximum Gasteiger partial charge on any atom is 0.416 e. The van der Waals surface area contributed by atoms with E-state index in [0.29, 0.717) is 0 Å². The molecule has 2 aromatic carbocycles. The smallest absolute Gasteiger partial charge is 0.277 e. The highest BCUT2D eigenvalue weighted by Crippen LogP contribution is 2.34. The van der Waals surface area contributed by atoms with Crippen molar-refractivity contribution in [3.8, 4) is 5.69 Å². The molecule has 6 nitrogen and oxygen atoms in total. The maximum absolute atomic E-state index is 13.1. The molecule has 0 saturated carbocycles. The number of hydrogen-bond acceptors (Lipinski definition) is 4. The van der Waals surface area contributed by atoms with E-state index in [1.54, 1.807) is 12.1 Å². The highest BCUT2D eigenvalue weighted by Gasteiger charge is 2.32. The molecule has 1 heterocycles. The molecule has 0 radical (unpaired) electrons. The van der Waals surface area contributed by atoms with Crippen LogP contribution in [0.2, 0.25) is 0 Å². The van der Waals surface area contributed by atoms with Gasteiger partial charge in [0.2, 0.25) is 0 Å². The Kier molecular flexibility index (Phi) is 5.41. The summed E-state index contributed by atoms with van der Waals surface area (Å²) in [6.45, 7) is 2.01. The Bertz CT molecular complexity index is 1050. The van der Waals surface area contributed by atoms with Crippen molar-refractivity contribution in [1.29, 1.82) is 0 Å². The Balaban J connectivity index is 2.01. The Hall–Kier alpha value is -2.88. The zero-order chi connectivity index (χ0) is 20.4. The van der Waals surface area contributed by atoms with E-state index >= 15 is 0 Å². The number of rotatable bonds is 6. The van der Waals surface area contributed by atoms with E-state index in [2.05, 4.69) is 14.8 Å². The number of benzene rings is 2. The van der Waals surface area contributed by atoms with E-state index in [-0.39, 0.29) is 16.3 Å². The first-order valence-corrected chi connectivity index (χ1v) is 9.87. The fourth-order valence-corrected chi connectivity index (χ4v) is 3.72. The van der Waals surface area contributed by atoms with Crippen LogP contribution in [-0.4, -0.2) is 23.2 Å². The number of alkyl halides is 3. The van der Waals surface area contributed by atoms with Crippen LogP contribution in [0.3, 0.4) is 0 Å². The number of aromatic nitrogens is 3. The van der Waals surface area contributed by atoms with Gasteiger partial charge in [0.15, 0.2) is 0 Å². The number of hydrogen-bond donors (Lipinski definition) is 1. The summed E-state index contributed by atoms with van der Waals surface area (Å²) >= 11 is 0. The summed E-state index contributed by atoms with van der Waals surface area (Å²) < 4.78 is 68.2. The number of sulfonamides is 1. The van der Waals surface area contributed by atoms with Crippen molar-refractivity contribution >= 4 is 15.7 Å². The Morgan fingerprint density at radius 3 is 2.39 bits per heavy atom. The van der Waals surface area contributed by atoms with E-state index in [0.717, 1.165) is 36.6 Å². The van der Waals surface area contributed by atoms with E-state index in [9.17, 15) is 21.6 Å². The fraction of sp³-hybridized carbons (Fsp3) is 0.222. The molecule has 0 bridgehead atoms. The zero-order valence-electron chi connectivity index (χ0n) is 14.8. The molecule has 0 fully saturated rings. The lowest BCUT2D eigenvalue weighted by molar-refractivity contribution is -0.137. The lowest BCUT2D eigenvalue weighted by Gasteiger charge is -2.15. The molecule has 0 spiro atoms. The first kappa shape index (κ1) is 19.9. The van der Waals surface area contributed by atoms with E-state index < -0.39 is 21.8 Å². The van der Waals surface area contributed by atoms with Gasteiger partial charge in [0, 0.05) is 0 Å². The van der Waals surface area contributed by atoms with Gasteiger partial charge < -0.3 is 0 Å². The number of nitrogens with one attached hydrogen (secondary N) is 1. The van der Waals surface area contributed by atoms with Crippen molar-refractivity contribution in [2.24, 2.45) is 0 Å². The van der Waals surface area contributed by atoms with Gasteiger partial charge in [-0.25, -0.2) is 18.1 Å². The first-order valence-electron chi connectivity index (χ1n) is 8.38. The van der Waals surface area contributed by atoms with Crippen molar-refractivity contribution in [3.05, 3.63) is 66.2 Å². The summed E-state index contributed by atoms with van der Waals surface area (Å²) in [6, 6.07) is 8.95. The van der Waals surface area contributed by atoms with Crippen LogP contribution in [0.15, 0.2) is 60.0 Å². The molecule has 148 valence electrons. The lowest BCUT2D eigenvalue weighted by Crippen LogP contribution is -2.16. The minimum absolute atomic E-state index is 0.0469. The fourth-order valence-electron chi connectivity index (χ4n) is 2.65. The number of anilines is 1. The van der Waals surface area contributed by atoms with Crippen molar-refractivity contribution in [3.63, 3.8) is 0 Å². The van der Waals surface area contributed by atoms with Crippen LogP contribution in [0.1, 0.15) is 24.5 Å². The Morgan fingerprint density at radius 1 is 1.11 bits per heavy atom. The first-order chi connectivity index (χ1) is 13.2. The van der Waals surface area contributed by atoms with Crippen LogP contribution in [-0.2, 0) is 22.6 Å². The normalized spacial score (nSPS) is 12.1. The van der Waals surface area contributed by atoms with Crippen LogP contribution in [0.4, 0.5) is 18.9 Å². The number of nitrogens with zero attached hydrogens (tertiary/aromatic N) is 3. The summed E-state index contributed by atoms with van der Waals surface area (Å²) in [5.41, 5.74) is -0.133. The highest BCUT2D eigenvalue weighted by molar-refractivity contribution is 7.92. The van der Waals surface area contributed by atoms with Gasteiger partial charge in [0.1, 0.15) is 12.7 Å². The van der Waals surface area contributed by atoms with Crippen LogP contribution >= 0.6 is 0 Å². The van der Waals surface area contributed by atoms with Crippen molar-refractivity contribution in [2.45, 2.75) is 30.8 Å². The predicted molar refractivity (Wildman–Crippen MR) is 97.6 cm³/mol. The topological polar surface area (TPSA) is 76.9 Å². The highest BCUT2D eigenvalue weighted by atomic mass is 32.2. The molecule has 0 atom stereocenters. The van der Waals surface area contributed by atoms with Crippen LogP contribution in [0.25, 0.3) is 5.69 Å². The molecular formula is C18H17F3N4O2S. The quantitative estimate of drug-likeness (QED) is 0.665. The monoisotopic (exact) mass is 410 g/mol. The molecule has 0 unspecified atom stereocenters. The molecule has 0 saturated heterocycles. The summed E-state index contributed by atoms with van der Waals surface area (Å²) in [4.78, 5) is 3.70. The summed E-state index contributed by atoms with van der Waals surface area (Å²) in [5.74, 6) is 0. The van der Waals surface area contributed by atoms with Crippen molar-refractivity contribution in [2.75, 3.05) is 4.72 Å². The average molecular weight is 410 g/mol. The minimum Gasteiger partial charge on any atom is -0.277 e. The average Bonchev–Trinajstić information content (AvgIpc) is 3.16. The van der Waals surface area contributed by atoms with Gasteiger partial charge in [0.05, 0.1) is 21.8 Å².